The molecule has 4 rings (SSSR count). The molecule has 1 aliphatic heterocycles. The highest BCUT2D eigenvalue weighted by molar-refractivity contribution is 7.16. The van der Waals surface area contributed by atoms with Gasteiger partial charge in [0.05, 0.1) is 23.0 Å². The fourth-order valence-electron chi connectivity index (χ4n) is 3.26. The molecule has 3 aromatic rings. The highest BCUT2D eigenvalue weighted by atomic mass is 32.1. The number of aromatic nitrogens is 2. The molecule has 3 heterocycles. The zero-order valence-corrected chi connectivity index (χ0v) is 16.1. The van der Waals surface area contributed by atoms with Gasteiger partial charge in [-0.25, -0.2) is 9.98 Å². The number of hydrogen-bond acceptors (Lipinski definition) is 6. The Morgan fingerprint density at radius 1 is 1.52 bits per heavy atom. The molecule has 7 heteroatoms. The number of rotatable bonds is 4. The molecule has 6 nitrogen and oxygen atoms in total. The zero-order valence-electron chi connectivity index (χ0n) is 15.3. The number of ether oxygens (including phenoxy) is 1. The second-order valence-electron chi connectivity index (χ2n) is 6.15. The molecule has 0 aliphatic carbocycles. The van der Waals surface area contributed by atoms with Gasteiger partial charge in [0, 0.05) is 23.7 Å². The summed E-state index contributed by atoms with van der Waals surface area (Å²) in [7, 11) is 0. The first kappa shape index (κ1) is 17.5. The molecule has 0 spiro atoms. The Morgan fingerprint density at radius 3 is 3.15 bits per heavy atom. The van der Waals surface area contributed by atoms with Crippen LogP contribution in [0, 0.1) is 0 Å². The maximum atomic E-state index is 13.1. The maximum absolute atomic E-state index is 13.1. The summed E-state index contributed by atoms with van der Waals surface area (Å²) < 4.78 is 8.48. The first-order valence-electron chi connectivity index (χ1n) is 8.86. The fraction of sp³-hybridized carbons (Fsp3) is 0.250. The molecule has 0 unspecified atom stereocenters. The number of nitrogens with one attached hydrogen (secondary N) is 1. The Hall–Kier alpha value is -2.93. The van der Waals surface area contributed by atoms with E-state index in [1.807, 2.05) is 32.0 Å². The van der Waals surface area contributed by atoms with Crippen LogP contribution >= 0.6 is 11.3 Å². The van der Waals surface area contributed by atoms with Crippen LogP contribution < -0.4 is 25.4 Å². The third-order valence-corrected chi connectivity index (χ3v) is 5.48. The molecule has 0 radical (unpaired) electrons. The number of fused-ring (bicyclic) bond motifs is 2. The lowest BCUT2D eigenvalue weighted by atomic mass is 10.1. The van der Waals surface area contributed by atoms with E-state index in [-0.39, 0.29) is 5.56 Å². The molecule has 0 bridgehead atoms. The van der Waals surface area contributed by atoms with Gasteiger partial charge < -0.3 is 10.1 Å². The van der Waals surface area contributed by atoms with Gasteiger partial charge >= 0.3 is 0 Å². The molecule has 0 atom stereocenters. The standard InChI is InChI=1S/C20H20N4O2S/c1-4-21-19(22-5-2)16-12(3)27-18-17(16)23-11-24(20(18)25)14-6-7-15-13(10-14)8-9-26-15/h4,6-7,10-11,22H,3,5,8-9H2,1-2H3/b19-16-,21-4-. The summed E-state index contributed by atoms with van der Waals surface area (Å²) in [5.74, 6) is 1.58. The van der Waals surface area contributed by atoms with Crippen LogP contribution in [0.15, 0.2) is 34.3 Å². The van der Waals surface area contributed by atoms with Crippen molar-refractivity contribution in [3.63, 3.8) is 0 Å². The minimum Gasteiger partial charge on any atom is -0.493 e. The molecule has 0 saturated heterocycles. The van der Waals surface area contributed by atoms with Crippen molar-refractivity contribution in [1.82, 2.24) is 14.9 Å². The summed E-state index contributed by atoms with van der Waals surface area (Å²) in [6, 6.07) is 5.79. The smallest absolute Gasteiger partial charge is 0.275 e. The van der Waals surface area contributed by atoms with Crippen molar-refractivity contribution in [3.05, 3.63) is 50.2 Å². The zero-order chi connectivity index (χ0) is 19.0. The van der Waals surface area contributed by atoms with E-state index < -0.39 is 0 Å². The number of benzene rings is 1. The van der Waals surface area contributed by atoms with E-state index in [9.17, 15) is 4.79 Å². The van der Waals surface area contributed by atoms with Gasteiger partial charge in [0.15, 0.2) is 0 Å². The summed E-state index contributed by atoms with van der Waals surface area (Å²) >= 11 is 1.35. The summed E-state index contributed by atoms with van der Waals surface area (Å²) in [6.45, 7) is 9.37. The predicted octanol–water partition coefficient (Wildman–Crippen LogP) is 1.56. The normalized spacial score (nSPS) is 14.4. The van der Waals surface area contributed by atoms with Crippen molar-refractivity contribution in [2.45, 2.75) is 20.3 Å². The van der Waals surface area contributed by atoms with Crippen LogP contribution in [-0.2, 0) is 6.42 Å². The van der Waals surface area contributed by atoms with Crippen LogP contribution in [0.4, 0.5) is 0 Å². The van der Waals surface area contributed by atoms with Crippen LogP contribution in [0.1, 0.15) is 19.4 Å². The van der Waals surface area contributed by atoms with E-state index in [2.05, 4.69) is 21.9 Å². The van der Waals surface area contributed by atoms with E-state index in [1.54, 1.807) is 17.1 Å². The summed E-state index contributed by atoms with van der Waals surface area (Å²) in [4.78, 5) is 22.1. The molecule has 0 fully saturated rings. The molecule has 1 aliphatic rings. The molecule has 1 N–H and O–H groups in total. The minimum absolute atomic E-state index is 0.101. The first-order chi connectivity index (χ1) is 13.1. The van der Waals surface area contributed by atoms with Gasteiger partial charge in [0.2, 0.25) is 0 Å². The SMILES string of the molecule is C=c1sc2c(=O)n(-c3ccc4c(c3)CCO4)cnc2/c1=C(/N=C\C)NCC. The van der Waals surface area contributed by atoms with Crippen molar-refractivity contribution in [2.24, 2.45) is 4.99 Å². The van der Waals surface area contributed by atoms with Crippen LogP contribution in [0.25, 0.3) is 28.3 Å². The third kappa shape index (κ3) is 2.94. The van der Waals surface area contributed by atoms with Gasteiger partial charge in [-0.05, 0) is 37.6 Å². The average Bonchev–Trinajstić information content (AvgIpc) is 3.25. The Kier molecular flexibility index (Phi) is 4.53. The summed E-state index contributed by atoms with van der Waals surface area (Å²) in [6.07, 6.45) is 4.15. The Balaban J connectivity index is 1.96. The van der Waals surface area contributed by atoms with Crippen LogP contribution in [0.3, 0.4) is 0 Å². The lowest BCUT2D eigenvalue weighted by Gasteiger charge is -2.07. The number of nitrogens with zero attached hydrogens (tertiary/aromatic N) is 3. The van der Waals surface area contributed by atoms with Gasteiger partial charge in [0.25, 0.3) is 5.56 Å². The fourth-order valence-corrected chi connectivity index (χ4v) is 4.24. The Bertz CT molecular complexity index is 1220. The summed E-state index contributed by atoms with van der Waals surface area (Å²) in [5, 5.41) is 4.03. The molecule has 2 aromatic heterocycles. The van der Waals surface area contributed by atoms with E-state index in [0.29, 0.717) is 22.6 Å². The van der Waals surface area contributed by atoms with E-state index in [0.717, 1.165) is 39.7 Å². The first-order valence-corrected chi connectivity index (χ1v) is 9.67. The topological polar surface area (TPSA) is 68.5 Å². The monoisotopic (exact) mass is 380 g/mol. The highest BCUT2D eigenvalue weighted by Crippen LogP contribution is 2.27. The van der Waals surface area contributed by atoms with Gasteiger partial charge in [-0.15, -0.1) is 11.3 Å². The maximum Gasteiger partial charge on any atom is 0.275 e. The number of thiophene rings is 1. The van der Waals surface area contributed by atoms with Crippen LogP contribution in [0.5, 0.6) is 5.75 Å². The number of aliphatic imine (C=N–C) groups is 1. The highest BCUT2D eigenvalue weighted by Gasteiger charge is 2.16. The van der Waals surface area contributed by atoms with Gasteiger partial charge in [-0.1, -0.05) is 6.58 Å². The molecule has 0 saturated carbocycles. The van der Waals surface area contributed by atoms with E-state index >= 15 is 0 Å². The Labute approximate surface area is 160 Å². The molecule has 27 heavy (non-hydrogen) atoms. The quantitative estimate of drug-likeness (QED) is 0.698. The summed E-state index contributed by atoms with van der Waals surface area (Å²) in [5.41, 5.74) is 2.44. The lowest BCUT2D eigenvalue weighted by molar-refractivity contribution is 0.357. The minimum atomic E-state index is -0.101. The van der Waals surface area contributed by atoms with E-state index in [4.69, 9.17) is 4.74 Å². The largest absolute Gasteiger partial charge is 0.493 e. The van der Waals surface area contributed by atoms with Crippen LogP contribution in [0.2, 0.25) is 0 Å². The van der Waals surface area contributed by atoms with E-state index in [1.165, 1.54) is 11.3 Å². The lowest BCUT2D eigenvalue weighted by Crippen LogP contribution is -2.28. The van der Waals surface area contributed by atoms with Gasteiger partial charge in [0.1, 0.15) is 22.6 Å². The second-order valence-corrected chi connectivity index (χ2v) is 7.26. The molecular formula is C20H20N4O2S. The molecule has 0 amide bonds. The second kappa shape index (κ2) is 7.00. The van der Waals surface area contributed by atoms with Crippen molar-refractivity contribution >= 4 is 40.2 Å². The number of hydrogen-bond donors (Lipinski definition) is 1. The van der Waals surface area contributed by atoms with Gasteiger partial charge in [-0.3, -0.25) is 9.36 Å². The Morgan fingerprint density at radius 2 is 2.37 bits per heavy atom. The third-order valence-electron chi connectivity index (χ3n) is 4.46. The van der Waals surface area contributed by atoms with Crippen LogP contribution in [-0.4, -0.2) is 28.9 Å². The predicted molar refractivity (Wildman–Crippen MR) is 110 cm³/mol. The molecule has 138 valence electrons. The molecule has 1 aromatic carbocycles. The van der Waals surface area contributed by atoms with Crippen molar-refractivity contribution in [3.8, 4) is 11.4 Å². The molecular weight excluding hydrogens is 360 g/mol. The van der Waals surface area contributed by atoms with Crippen molar-refractivity contribution in [2.75, 3.05) is 13.2 Å². The average molecular weight is 380 g/mol. The van der Waals surface area contributed by atoms with Gasteiger partial charge in [-0.2, -0.15) is 0 Å². The van der Waals surface area contributed by atoms with Crippen molar-refractivity contribution in [1.29, 1.82) is 0 Å². The van der Waals surface area contributed by atoms with Crippen molar-refractivity contribution < 1.29 is 4.74 Å².